The van der Waals surface area contributed by atoms with Gasteiger partial charge in [0.1, 0.15) is 11.5 Å². The topological polar surface area (TPSA) is 73.6 Å². The summed E-state index contributed by atoms with van der Waals surface area (Å²) in [6.45, 7) is 0.425. The van der Waals surface area contributed by atoms with Crippen LogP contribution in [-0.4, -0.2) is 26.7 Å². The molecule has 0 unspecified atom stereocenters. The van der Waals surface area contributed by atoms with E-state index in [1.807, 2.05) is 0 Å². The summed E-state index contributed by atoms with van der Waals surface area (Å²) in [5.41, 5.74) is 5.74. The van der Waals surface area contributed by atoms with E-state index in [0.29, 0.717) is 28.8 Å². The van der Waals surface area contributed by atoms with Crippen molar-refractivity contribution in [3.63, 3.8) is 0 Å². The van der Waals surface area contributed by atoms with Crippen LogP contribution in [0.25, 0.3) is 0 Å². The van der Waals surface area contributed by atoms with Crippen LogP contribution in [0.4, 0.5) is 5.69 Å². The maximum Gasteiger partial charge on any atom is 0.219 e. The number of nitrogens with two attached hydrogens (primary N) is 1. The van der Waals surface area contributed by atoms with E-state index in [2.05, 4.69) is 5.32 Å². The zero-order valence-electron chi connectivity index (χ0n) is 9.75. The normalized spacial score (nSPS) is 9.82. The molecule has 3 N–H and O–H groups in total. The molecule has 0 spiro atoms. The van der Waals surface area contributed by atoms with Crippen molar-refractivity contribution in [1.82, 2.24) is 0 Å². The third-order valence-electron chi connectivity index (χ3n) is 2.16. The van der Waals surface area contributed by atoms with E-state index in [-0.39, 0.29) is 12.3 Å². The fraction of sp³-hybridized carbons (Fsp3) is 0.364. The number of nitrogens with one attached hydrogen (secondary N) is 1. The van der Waals surface area contributed by atoms with Gasteiger partial charge in [-0.3, -0.25) is 4.79 Å². The first-order chi connectivity index (χ1) is 8.08. The average molecular weight is 259 g/mol. The Morgan fingerprint density at radius 3 is 2.53 bits per heavy atom. The maximum absolute atomic E-state index is 10.6. The van der Waals surface area contributed by atoms with Crippen molar-refractivity contribution in [1.29, 1.82) is 0 Å². The summed E-state index contributed by atoms with van der Waals surface area (Å²) < 4.78 is 10.3. The molecule has 1 aromatic carbocycles. The van der Waals surface area contributed by atoms with Crippen molar-refractivity contribution < 1.29 is 14.3 Å². The molecule has 1 rings (SSSR count). The lowest BCUT2D eigenvalue weighted by Gasteiger charge is -2.13. The van der Waals surface area contributed by atoms with E-state index >= 15 is 0 Å². The summed E-state index contributed by atoms with van der Waals surface area (Å²) in [5.74, 6) is 0.760. The molecule has 0 atom stereocenters. The highest BCUT2D eigenvalue weighted by atomic mass is 35.5. The molecule has 1 aromatic rings. The van der Waals surface area contributed by atoms with Gasteiger partial charge in [-0.1, -0.05) is 11.6 Å². The highest BCUT2D eigenvalue weighted by molar-refractivity contribution is 6.32. The van der Waals surface area contributed by atoms with Crippen LogP contribution in [0.3, 0.4) is 0 Å². The zero-order valence-corrected chi connectivity index (χ0v) is 10.5. The number of carbonyl (C=O) groups excluding carboxylic acids is 1. The lowest BCUT2D eigenvalue weighted by atomic mass is 10.2. The molecule has 0 aliphatic heterocycles. The van der Waals surface area contributed by atoms with Crippen LogP contribution in [-0.2, 0) is 4.79 Å². The Morgan fingerprint density at radius 1 is 1.35 bits per heavy atom. The Bertz CT molecular complexity index is 410. The third kappa shape index (κ3) is 3.71. The molecule has 6 heteroatoms. The van der Waals surface area contributed by atoms with Crippen molar-refractivity contribution >= 4 is 23.2 Å². The second-order valence-corrected chi connectivity index (χ2v) is 3.74. The van der Waals surface area contributed by atoms with Crippen molar-refractivity contribution in [3.05, 3.63) is 17.2 Å². The van der Waals surface area contributed by atoms with Crippen molar-refractivity contribution in [3.8, 4) is 11.5 Å². The minimum absolute atomic E-state index is 0.243. The molecule has 0 bridgehead atoms. The molecule has 0 aromatic heterocycles. The van der Waals surface area contributed by atoms with E-state index in [9.17, 15) is 4.79 Å². The number of halogens is 1. The largest absolute Gasteiger partial charge is 0.495 e. The molecule has 0 radical (unpaired) electrons. The van der Waals surface area contributed by atoms with Crippen LogP contribution in [0, 0.1) is 0 Å². The van der Waals surface area contributed by atoms with Gasteiger partial charge in [0.2, 0.25) is 5.91 Å². The number of methoxy groups -OCH3 is 2. The number of rotatable bonds is 6. The fourth-order valence-electron chi connectivity index (χ4n) is 1.32. The Kier molecular flexibility index (Phi) is 4.90. The smallest absolute Gasteiger partial charge is 0.219 e. The van der Waals surface area contributed by atoms with E-state index in [4.69, 9.17) is 26.8 Å². The number of primary amides is 1. The number of hydrogen-bond donors (Lipinski definition) is 2. The number of hydrogen-bond acceptors (Lipinski definition) is 4. The molecule has 0 aliphatic rings. The van der Waals surface area contributed by atoms with Gasteiger partial charge < -0.3 is 20.5 Å². The zero-order chi connectivity index (χ0) is 12.8. The number of amides is 1. The second kappa shape index (κ2) is 6.20. The SMILES string of the molecule is COc1cc(OC)c(NCCC(N)=O)cc1Cl. The molecule has 5 nitrogen and oxygen atoms in total. The van der Waals surface area contributed by atoms with Gasteiger partial charge in [0.15, 0.2) is 0 Å². The molecular weight excluding hydrogens is 244 g/mol. The number of carbonyl (C=O) groups is 1. The highest BCUT2D eigenvalue weighted by Gasteiger charge is 2.09. The maximum atomic E-state index is 10.6. The highest BCUT2D eigenvalue weighted by Crippen LogP contribution is 2.35. The van der Waals surface area contributed by atoms with Crippen LogP contribution in [0.2, 0.25) is 5.02 Å². The van der Waals surface area contributed by atoms with Gasteiger partial charge in [-0.25, -0.2) is 0 Å². The molecule has 94 valence electrons. The van der Waals surface area contributed by atoms with Gasteiger partial charge in [-0.2, -0.15) is 0 Å². The van der Waals surface area contributed by atoms with Crippen LogP contribution in [0.15, 0.2) is 12.1 Å². The first kappa shape index (κ1) is 13.4. The average Bonchev–Trinajstić information content (AvgIpc) is 2.29. The lowest BCUT2D eigenvalue weighted by molar-refractivity contribution is -0.117. The summed E-state index contributed by atoms with van der Waals surface area (Å²) in [6.07, 6.45) is 0.243. The molecule has 0 aliphatic carbocycles. The Morgan fingerprint density at radius 2 is 2.00 bits per heavy atom. The van der Waals surface area contributed by atoms with Crippen LogP contribution in [0.1, 0.15) is 6.42 Å². The van der Waals surface area contributed by atoms with E-state index in [1.165, 1.54) is 7.11 Å². The predicted octanol–water partition coefficient (Wildman–Crippen LogP) is 1.64. The van der Waals surface area contributed by atoms with E-state index < -0.39 is 0 Å². The minimum Gasteiger partial charge on any atom is -0.495 e. The second-order valence-electron chi connectivity index (χ2n) is 3.33. The van der Waals surface area contributed by atoms with Gasteiger partial charge in [0, 0.05) is 19.0 Å². The summed E-state index contributed by atoms with van der Waals surface area (Å²) in [4.78, 5) is 10.6. The van der Waals surface area contributed by atoms with Crippen LogP contribution in [0.5, 0.6) is 11.5 Å². The van der Waals surface area contributed by atoms with Crippen molar-refractivity contribution in [2.75, 3.05) is 26.1 Å². The van der Waals surface area contributed by atoms with Gasteiger partial charge in [0.05, 0.1) is 24.9 Å². The quantitative estimate of drug-likeness (QED) is 0.814. The Balaban J connectivity index is 2.83. The number of ether oxygens (including phenoxy) is 2. The summed E-state index contributed by atoms with van der Waals surface area (Å²) in [5, 5.41) is 3.49. The van der Waals surface area contributed by atoms with E-state index in [1.54, 1.807) is 19.2 Å². The predicted molar refractivity (Wildman–Crippen MR) is 66.9 cm³/mol. The molecule has 0 saturated heterocycles. The van der Waals surface area contributed by atoms with Crippen LogP contribution < -0.4 is 20.5 Å². The van der Waals surface area contributed by atoms with Gasteiger partial charge >= 0.3 is 0 Å². The van der Waals surface area contributed by atoms with Gasteiger partial charge in [-0.15, -0.1) is 0 Å². The molecule has 0 fully saturated rings. The Hall–Kier alpha value is -1.62. The van der Waals surface area contributed by atoms with E-state index in [0.717, 1.165) is 0 Å². The fourth-order valence-corrected chi connectivity index (χ4v) is 1.56. The monoisotopic (exact) mass is 258 g/mol. The van der Waals surface area contributed by atoms with Crippen molar-refractivity contribution in [2.24, 2.45) is 5.73 Å². The molecule has 0 heterocycles. The summed E-state index contributed by atoms with van der Waals surface area (Å²) in [6, 6.07) is 3.36. The number of benzene rings is 1. The first-order valence-electron chi connectivity index (χ1n) is 5.02. The lowest BCUT2D eigenvalue weighted by Crippen LogP contribution is -2.16. The minimum atomic E-state index is -0.365. The van der Waals surface area contributed by atoms with Crippen LogP contribution >= 0.6 is 11.6 Å². The Labute approximate surface area is 105 Å². The molecule has 1 amide bonds. The molecular formula is C11H15ClN2O3. The molecule has 17 heavy (non-hydrogen) atoms. The van der Waals surface area contributed by atoms with Gasteiger partial charge in [-0.05, 0) is 6.07 Å². The number of anilines is 1. The van der Waals surface area contributed by atoms with Gasteiger partial charge in [0.25, 0.3) is 0 Å². The molecule has 0 saturated carbocycles. The van der Waals surface area contributed by atoms with Crippen molar-refractivity contribution in [2.45, 2.75) is 6.42 Å². The third-order valence-corrected chi connectivity index (χ3v) is 2.46. The standard InChI is InChI=1S/C11H15ClN2O3/c1-16-9-6-10(17-2)8(5-7(9)12)14-4-3-11(13)15/h5-6,14H,3-4H2,1-2H3,(H2,13,15). The summed E-state index contributed by atoms with van der Waals surface area (Å²) >= 11 is 5.99. The first-order valence-corrected chi connectivity index (χ1v) is 5.40. The summed E-state index contributed by atoms with van der Waals surface area (Å²) in [7, 11) is 3.07.